The molecule has 4 heterocycles. The topological polar surface area (TPSA) is 82.5 Å². The first-order chi connectivity index (χ1) is 16.0. The summed E-state index contributed by atoms with van der Waals surface area (Å²) in [6.45, 7) is 3.13. The van der Waals surface area contributed by atoms with E-state index in [1.54, 1.807) is 12.4 Å². The van der Waals surface area contributed by atoms with Crippen molar-refractivity contribution in [1.82, 2.24) is 20.8 Å². The third-order valence-electron chi connectivity index (χ3n) is 7.41. The zero-order valence-corrected chi connectivity index (χ0v) is 20.3. The van der Waals surface area contributed by atoms with E-state index in [9.17, 15) is 5.11 Å². The number of fused-ring (bicyclic) bond motifs is 1. The van der Waals surface area contributed by atoms with E-state index in [0.717, 1.165) is 50.0 Å². The van der Waals surface area contributed by atoms with Gasteiger partial charge in [0.25, 0.3) is 0 Å². The lowest BCUT2D eigenvalue weighted by Crippen LogP contribution is -2.37. The Balaban J connectivity index is 1.26. The summed E-state index contributed by atoms with van der Waals surface area (Å²) in [5, 5.41) is 10.7. The smallest absolute Gasteiger partial charge is 0.128 e. The highest BCUT2D eigenvalue weighted by Gasteiger charge is 2.42. The van der Waals surface area contributed by atoms with Gasteiger partial charge in [-0.1, -0.05) is 29.3 Å². The molecular weight excluding hydrogens is 461 g/mol. The number of nitrogens with zero attached hydrogens (tertiary/aromatic N) is 3. The number of hydrogen-bond donors (Lipinski definition) is 3. The molecule has 0 radical (unpaired) electrons. The van der Waals surface area contributed by atoms with E-state index in [-0.39, 0.29) is 30.9 Å². The van der Waals surface area contributed by atoms with Crippen LogP contribution in [0.3, 0.4) is 0 Å². The molecule has 5 rings (SSSR count). The number of pyridine rings is 2. The van der Waals surface area contributed by atoms with E-state index < -0.39 is 0 Å². The summed E-state index contributed by atoms with van der Waals surface area (Å²) in [5.74, 6) is 1.35. The Bertz CT molecular complexity index is 942. The molecule has 2 aromatic rings. The Morgan fingerprint density at radius 3 is 2.70 bits per heavy atom. The molecule has 178 valence electrons. The van der Waals surface area contributed by atoms with E-state index in [1.165, 1.54) is 5.56 Å². The SMILES string of the molecule is C[C@@H](OC1CCC2NNC(c3ccc(N4CCC[C@@H]4CO)nc3)C2C1)c1c(Cl)cncc1Cl. The van der Waals surface area contributed by atoms with E-state index >= 15 is 0 Å². The summed E-state index contributed by atoms with van der Waals surface area (Å²) >= 11 is 12.7. The summed E-state index contributed by atoms with van der Waals surface area (Å²) < 4.78 is 6.44. The van der Waals surface area contributed by atoms with Crippen LogP contribution in [0.4, 0.5) is 5.82 Å². The monoisotopic (exact) mass is 491 g/mol. The lowest BCUT2D eigenvalue weighted by molar-refractivity contribution is -0.0370. The minimum absolute atomic E-state index is 0.132. The number of nitrogens with one attached hydrogen (secondary N) is 2. The van der Waals surface area contributed by atoms with Gasteiger partial charge in [-0.3, -0.25) is 10.4 Å². The number of rotatable bonds is 6. The van der Waals surface area contributed by atoms with Crippen LogP contribution >= 0.6 is 23.2 Å². The van der Waals surface area contributed by atoms with Crippen molar-refractivity contribution < 1.29 is 9.84 Å². The van der Waals surface area contributed by atoms with Crippen LogP contribution in [0.15, 0.2) is 30.7 Å². The van der Waals surface area contributed by atoms with Gasteiger partial charge in [-0.25, -0.2) is 10.4 Å². The quantitative estimate of drug-likeness (QED) is 0.558. The third-order valence-corrected chi connectivity index (χ3v) is 8.01. The second kappa shape index (κ2) is 10.0. The molecule has 9 heteroatoms. The van der Waals surface area contributed by atoms with Crippen molar-refractivity contribution in [3.05, 3.63) is 51.9 Å². The zero-order valence-electron chi connectivity index (χ0n) is 18.8. The molecule has 7 nitrogen and oxygen atoms in total. The van der Waals surface area contributed by atoms with Crippen LogP contribution in [-0.4, -0.2) is 46.4 Å². The van der Waals surface area contributed by atoms with Gasteiger partial charge in [0, 0.05) is 36.7 Å². The van der Waals surface area contributed by atoms with Gasteiger partial charge < -0.3 is 14.7 Å². The first-order valence-electron chi connectivity index (χ1n) is 11.8. The molecule has 2 aliphatic heterocycles. The van der Waals surface area contributed by atoms with Gasteiger partial charge in [-0.05, 0) is 56.6 Å². The van der Waals surface area contributed by atoms with Gasteiger partial charge in [0.2, 0.25) is 0 Å². The van der Waals surface area contributed by atoms with E-state index in [0.29, 0.717) is 22.0 Å². The fourth-order valence-corrected chi connectivity index (χ4v) is 6.39. The fraction of sp³-hybridized carbons (Fsp3) is 0.583. The summed E-state index contributed by atoms with van der Waals surface area (Å²) in [4.78, 5) is 11.0. The number of halogens is 2. The molecule has 0 spiro atoms. The van der Waals surface area contributed by atoms with Crippen molar-refractivity contribution in [1.29, 1.82) is 0 Å². The standard InChI is InChI=1S/C24H31Cl2N5O2/c1-14(23-19(25)11-27-12-20(23)26)33-17-5-6-21-18(9-17)24(30-29-21)15-4-7-22(28-10-15)31-8-2-3-16(31)13-32/h4,7,10-12,14,16-18,21,24,29-30,32H,2-3,5-6,8-9,13H2,1H3/t14-,16-,17?,18?,21?,24?/m1/s1. The van der Waals surface area contributed by atoms with E-state index in [2.05, 4.69) is 32.9 Å². The Hall–Kier alpha value is -1.48. The molecular formula is C24H31Cl2N5O2. The Labute approximate surface area is 204 Å². The Kier molecular flexibility index (Phi) is 7.07. The largest absolute Gasteiger partial charge is 0.394 e. The van der Waals surface area contributed by atoms with Crippen molar-refractivity contribution in [2.24, 2.45) is 5.92 Å². The Morgan fingerprint density at radius 2 is 1.97 bits per heavy atom. The Morgan fingerprint density at radius 1 is 1.15 bits per heavy atom. The first-order valence-corrected chi connectivity index (χ1v) is 12.6. The predicted molar refractivity (Wildman–Crippen MR) is 129 cm³/mol. The molecule has 3 aliphatic rings. The minimum Gasteiger partial charge on any atom is -0.394 e. The molecule has 2 aromatic heterocycles. The van der Waals surface area contributed by atoms with Crippen LogP contribution in [0, 0.1) is 5.92 Å². The van der Waals surface area contributed by atoms with Gasteiger partial charge in [-0.15, -0.1) is 0 Å². The van der Waals surface area contributed by atoms with Crippen LogP contribution in [0.1, 0.15) is 62.3 Å². The van der Waals surface area contributed by atoms with Crippen LogP contribution in [0.5, 0.6) is 0 Å². The molecule has 1 saturated carbocycles. The second-order valence-electron chi connectivity index (χ2n) is 9.39. The van der Waals surface area contributed by atoms with Crippen molar-refractivity contribution in [3.8, 4) is 0 Å². The number of aliphatic hydroxyl groups excluding tert-OH is 1. The van der Waals surface area contributed by atoms with Crippen molar-refractivity contribution in [3.63, 3.8) is 0 Å². The number of ether oxygens (including phenoxy) is 1. The predicted octanol–water partition coefficient (Wildman–Crippen LogP) is 4.21. The molecule has 3 fully saturated rings. The first kappa shape index (κ1) is 23.3. The van der Waals surface area contributed by atoms with Crippen LogP contribution in [0.2, 0.25) is 10.0 Å². The molecule has 0 aromatic carbocycles. The van der Waals surface area contributed by atoms with Crippen LogP contribution in [-0.2, 0) is 4.74 Å². The van der Waals surface area contributed by atoms with Crippen molar-refractivity contribution >= 4 is 29.0 Å². The highest BCUT2D eigenvalue weighted by molar-refractivity contribution is 6.35. The molecule has 33 heavy (non-hydrogen) atoms. The van der Waals surface area contributed by atoms with Crippen molar-refractivity contribution in [2.75, 3.05) is 18.1 Å². The normalized spacial score (nSPS) is 30.4. The molecule has 1 aliphatic carbocycles. The molecule has 3 N–H and O–H groups in total. The van der Waals surface area contributed by atoms with Gasteiger partial charge >= 0.3 is 0 Å². The lowest BCUT2D eigenvalue weighted by atomic mass is 9.78. The van der Waals surface area contributed by atoms with Gasteiger partial charge in [0.1, 0.15) is 5.82 Å². The number of aliphatic hydroxyl groups is 1. The van der Waals surface area contributed by atoms with Gasteiger partial charge in [0.05, 0.1) is 40.9 Å². The molecule has 0 bridgehead atoms. The maximum Gasteiger partial charge on any atom is 0.128 e. The fourth-order valence-electron chi connectivity index (χ4n) is 5.72. The van der Waals surface area contributed by atoms with Crippen LogP contribution in [0.25, 0.3) is 0 Å². The van der Waals surface area contributed by atoms with Gasteiger partial charge in [0.15, 0.2) is 0 Å². The molecule has 2 saturated heterocycles. The highest BCUT2D eigenvalue weighted by Crippen LogP contribution is 2.41. The number of hydrogen-bond acceptors (Lipinski definition) is 7. The highest BCUT2D eigenvalue weighted by atomic mass is 35.5. The molecule has 4 unspecified atom stereocenters. The lowest BCUT2D eigenvalue weighted by Gasteiger charge is -2.35. The van der Waals surface area contributed by atoms with Crippen LogP contribution < -0.4 is 15.8 Å². The number of anilines is 1. The summed E-state index contributed by atoms with van der Waals surface area (Å²) in [6.07, 6.45) is 10.2. The second-order valence-corrected chi connectivity index (χ2v) is 10.2. The summed E-state index contributed by atoms with van der Waals surface area (Å²) in [5.41, 5.74) is 8.96. The number of hydrazine groups is 1. The maximum absolute atomic E-state index is 9.63. The van der Waals surface area contributed by atoms with Crippen molar-refractivity contribution in [2.45, 2.75) is 69.4 Å². The molecule has 6 atom stereocenters. The average molecular weight is 492 g/mol. The summed E-state index contributed by atoms with van der Waals surface area (Å²) in [7, 11) is 0. The summed E-state index contributed by atoms with van der Waals surface area (Å²) in [6, 6.07) is 5.03. The van der Waals surface area contributed by atoms with E-state index in [4.69, 9.17) is 32.9 Å². The molecule has 0 amide bonds. The zero-order chi connectivity index (χ0) is 22.9. The minimum atomic E-state index is -0.198. The van der Waals surface area contributed by atoms with Gasteiger partial charge in [-0.2, -0.15) is 0 Å². The third kappa shape index (κ3) is 4.72. The maximum atomic E-state index is 9.63. The number of aromatic nitrogens is 2. The van der Waals surface area contributed by atoms with E-state index in [1.807, 2.05) is 13.1 Å². The average Bonchev–Trinajstić information content (AvgIpc) is 3.46.